The number of amides is 2. The average Bonchev–Trinajstić information content (AvgIpc) is 3.25. The summed E-state index contributed by atoms with van der Waals surface area (Å²) in [5.41, 5.74) is 0.976. The van der Waals surface area contributed by atoms with E-state index < -0.39 is 24.0 Å². The van der Waals surface area contributed by atoms with Crippen LogP contribution in [0.4, 0.5) is 18.9 Å². The zero-order valence-corrected chi connectivity index (χ0v) is 17.6. The van der Waals surface area contributed by atoms with Gasteiger partial charge in [0.2, 0.25) is 5.91 Å². The highest BCUT2D eigenvalue weighted by Crippen LogP contribution is 2.35. The second-order valence-corrected chi connectivity index (χ2v) is 8.43. The van der Waals surface area contributed by atoms with Crippen LogP contribution in [0.15, 0.2) is 41.8 Å². The van der Waals surface area contributed by atoms with Crippen LogP contribution in [0.3, 0.4) is 0 Å². The molecule has 0 aliphatic heterocycles. The summed E-state index contributed by atoms with van der Waals surface area (Å²) < 4.78 is 40.6. The lowest BCUT2D eigenvalue weighted by atomic mass is 9.95. The molecule has 2 aromatic rings. The molecule has 1 aromatic carbocycles. The zero-order valence-electron chi connectivity index (χ0n) is 16.7. The highest BCUT2D eigenvalue weighted by atomic mass is 32.1. The van der Waals surface area contributed by atoms with E-state index >= 15 is 0 Å². The van der Waals surface area contributed by atoms with Crippen LogP contribution in [-0.2, 0) is 16.0 Å². The van der Waals surface area contributed by atoms with Gasteiger partial charge < -0.3 is 5.32 Å². The zero-order chi connectivity index (χ0) is 21.7. The van der Waals surface area contributed by atoms with Crippen molar-refractivity contribution in [1.82, 2.24) is 5.32 Å². The molecular weight excluding hydrogens is 413 g/mol. The Bertz CT molecular complexity index is 844. The van der Waals surface area contributed by atoms with Crippen molar-refractivity contribution in [2.75, 3.05) is 4.90 Å². The van der Waals surface area contributed by atoms with Crippen molar-refractivity contribution in [1.29, 1.82) is 0 Å². The molecule has 0 saturated heterocycles. The first-order valence-electron chi connectivity index (χ1n) is 10.1. The van der Waals surface area contributed by atoms with E-state index in [-0.39, 0.29) is 11.7 Å². The smallest absolute Gasteiger partial charge is 0.351 e. The van der Waals surface area contributed by atoms with Crippen LogP contribution >= 0.6 is 11.3 Å². The number of benzene rings is 1. The normalized spacial score (nSPS) is 16.1. The number of alkyl halides is 3. The predicted molar refractivity (Wildman–Crippen MR) is 111 cm³/mol. The SMILES string of the molecule is CCc1ccc(N(C(=O)C(F)(F)F)[C@@H](C(=O)NC2CCCCC2)c2cccs2)cc1. The predicted octanol–water partition coefficient (Wildman–Crippen LogP) is 5.40. The summed E-state index contributed by atoms with van der Waals surface area (Å²) in [7, 11) is 0. The Morgan fingerprint density at radius 2 is 1.80 bits per heavy atom. The van der Waals surface area contributed by atoms with Crippen molar-refractivity contribution in [3.05, 3.63) is 52.2 Å². The lowest BCUT2D eigenvalue weighted by molar-refractivity contribution is -0.171. The number of nitrogens with zero attached hydrogens (tertiary/aromatic N) is 1. The molecule has 1 atom stereocenters. The van der Waals surface area contributed by atoms with Gasteiger partial charge in [-0.25, -0.2) is 0 Å². The van der Waals surface area contributed by atoms with Crippen molar-refractivity contribution in [2.45, 2.75) is 63.7 Å². The lowest BCUT2D eigenvalue weighted by Crippen LogP contribution is -2.50. The van der Waals surface area contributed by atoms with E-state index in [1.807, 2.05) is 6.92 Å². The molecule has 3 rings (SSSR count). The summed E-state index contributed by atoms with van der Waals surface area (Å²) in [6.07, 6.45) is 0.219. The molecule has 1 heterocycles. The number of thiophene rings is 1. The summed E-state index contributed by atoms with van der Waals surface area (Å²) in [5, 5.41) is 4.58. The molecule has 1 aliphatic rings. The fourth-order valence-electron chi connectivity index (χ4n) is 3.76. The maximum Gasteiger partial charge on any atom is 0.471 e. The van der Waals surface area contributed by atoms with Crippen molar-refractivity contribution in [2.24, 2.45) is 0 Å². The van der Waals surface area contributed by atoms with Crippen molar-refractivity contribution in [3.8, 4) is 0 Å². The van der Waals surface area contributed by atoms with Crippen LogP contribution < -0.4 is 10.2 Å². The van der Waals surface area contributed by atoms with Gasteiger partial charge in [-0.05, 0) is 48.4 Å². The number of rotatable bonds is 6. The van der Waals surface area contributed by atoms with Crippen LogP contribution in [0.1, 0.15) is 55.5 Å². The van der Waals surface area contributed by atoms with E-state index in [1.165, 1.54) is 12.1 Å². The number of halogens is 3. The van der Waals surface area contributed by atoms with Gasteiger partial charge in [0.15, 0.2) is 6.04 Å². The molecule has 0 radical (unpaired) electrons. The third-order valence-corrected chi connectivity index (χ3v) is 6.28. The first-order valence-corrected chi connectivity index (χ1v) is 11.0. The molecule has 0 spiro atoms. The van der Waals surface area contributed by atoms with Gasteiger partial charge in [-0.3, -0.25) is 14.5 Å². The van der Waals surface area contributed by atoms with Crippen molar-refractivity contribution < 1.29 is 22.8 Å². The van der Waals surface area contributed by atoms with Crippen molar-refractivity contribution in [3.63, 3.8) is 0 Å². The van der Waals surface area contributed by atoms with Crippen LogP contribution in [-0.4, -0.2) is 24.0 Å². The molecule has 0 bridgehead atoms. The Morgan fingerprint density at radius 1 is 1.13 bits per heavy atom. The van der Waals surface area contributed by atoms with E-state index in [2.05, 4.69) is 5.32 Å². The maximum atomic E-state index is 13.5. The van der Waals surface area contributed by atoms with Gasteiger partial charge in [-0.1, -0.05) is 44.4 Å². The second kappa shape index (κ2) is 9.64. The molecule has 1 saturated carbocycles. The molecule has 4 nitrogen and oxygen atoms in total. The Labute approximate surface area is 178 Å². The topological polar surface area (TPSA) is 49.4 Å². The van der Waals surface area contributed by atoms with E-state index in [9.17, 15) is 22.8 Å². The summed E-state index contributed by atoms with van der Waals surface area (Å²) >= 11 is 1.16. The standard InChI is InChI=1S/C22H25F3N2O2S/c1-2-15-10-12-17(13-11-15)27(21(29)22(23,24)25)19(18-9-6-14-30-18)20(28)26-16-7-4-3-5-8-16/h6,9-14,16,19H,2-5,7-8H2,1H3,(H,26,28)/t19-/m1/s1. The quantitative estimate of drug-likeness (QED) is 0.657. The fourth-order valence-corrected chi connectivity index (χ4v) is 4.57. The molecule has 0 unspecified atom stereocenters. The summed E-state index contributed by atoms with van der Waals surface area (Å²) in [6, 6.07) is 8.08. The Balaban J connectivity index is 2.01. The molecule has 1 fully saturated rings. The first kappa shape index (κ1) is 22.3. The number of hydrogen-bond donors (Lipinski definition) is 1. The van der Waals surface area contributed by atoms with Gasteiger partial charge in [0, 0.05) is 16.6 Å². The number of aryl methyl sites for hydroxylation is 1. The summed E-state index contributed by atoms with van der Waals surface area (Å²) in [5.74, 6) is -2.63. The number of carbonyl (C=O) groups excluding carboxylic acids is 2. The molecule has 1 aliphatic carbocycles. The molecule has 1 aromatic heterocycles. The number of nitrogens with one attached hydrogen (secondary N) is 1. The van der Waals surface area contributed by atoms with Gasteiger partial charge in [0.1, 0.15) is 0 Å². The molecule has 162 valence electrons. The molecule has 1 N–H and O–H groups in total. The molecule has 2 amide bonds. The largest absolute Gasteiger partial charge is 0.471 e. The monoisotopic (exact) mass is 438 g/mol. The maximum absolute atomic E-state index is 13.5. The number of hydrogen-bond acceptors (Lipinski definition) is 3. The highest BCUT2D eigenvalue weighted by molar-refractivity contribution is 7.10. The van der Waals surface area contributed by atoms with Gasteiger partial charge in [0.25, 0.3) is 0 Å². The van der Waals surface area contributed by atoms with Crippen LogP contribution in [0, 0.1) is 0 Å². The Hall–Kier alpha value is -2.35. The summed E-state index contributed by atoms with van der Waals surface area (Å²) in [6.45, 7) is 1.93. The fraction of sp³-hybridized carbons (Fsp3) is 0.455. The van der Waals surface area contributed by atoms with Gasteiger partial charge in [-0.2, -0.15) is 13.2 Å². The van der Waals surface area contributed by atoms with E-state index in [0.29, 0.717) is 16.2 Å². The third-order valence-electron chi connectivity index (χ3n) is 5.35. The van der Waals surface area contributed by atoms with Crippen molar-refractivity contribution >= 4 is 28.8 Å². The highest BCUT2D eigenvalue weighted by Gasteiger charge is 2.47. The molecular formula is C22H25F3N2O2S. The second-order valence-electron chi connectivity index (χ2n) is 7.45. The van der Waals surface area contributed by atoms with E-state index in [4.69, 9.17) is 0 Å². The van der Waals surface area contributed by atoms with Crippen LogP contribution in [0.2, 0.25) is 0 Å². The minimum absolute atomic E-state index is 0.0479. The van der Waals surface area contributed by atoms with Gasteiger partial charge >= 0.3 is 12.1 Å². The third kappa shape index (κ3) is 5.22. The van der Waals surface area contributed by atoms with Crippen LogP contribution in [0.5, 0.6) is 0 Å². The van der Waals surface area contributed by atoms with Gasteiger partial charge in [-0.15, -0.1) is 11.3 Å². The minimum atomic E-state index is -5.11. The average molecular weight is 439 g/mol. The summed E-state index contributed by atoms with van der Waals surface area (Å²) in [4.78, 5) is 26.7. The number of anilines is 1. The van der Waals surface area contributed by atoms with E-state index in [0.717, 1.165) is 49.0 Å². The molecule has 8 heteroatoms. The van der Waals surface area contributed by atoms with Gasteiger partial charge in [0.05, 0.1) is 0 Å². The lowest BCUT2D eigenvalue weighted by Gasteiger charge is -2.33. The minimum Gasteiger partial charge on any atom is -0.351 e. The molecule has 30 heavy (non-hydrogen) atoms. The Kier molecular flexibility index (Phi) is 7.18. The Morgan fingerprint density at radius 3 is 2.33 bits per heavy atom. The first-order chi connectivity index (χ1) is 14.3. The number of carbonyl (C=O) groups is 2. The van der Waals surface area contributed by atoms with E-state index in [1.54, 1.807) is 29.6 Å². The van der Waals surface area contributed by atoms with Crippen LogP contribution in [0.25, 0.3) is 0 Å².